The highest BCUT2D eigenvalue weighted by Gasteiger charge is 2.23. The number of aromatic amines is 1. The highest BCUT2D eigenvalue weighted by Crippen LogP contribution is 2.39. The number of fused-ring (bicyclic) bond motifs is 5. The van der Waals surface area contributed by atoms with Crippen LogP contribution in [0.5, 0.6) is 5.75 Å². The van der Waals surface area contributed by atoms with E-state index in [-0.39, 0.29) is 5.56 Å². The first kappa shape index (κ1) is 15.3. The quantitative estimate of drug-likeness (QED) is 0.493. The van der Waals surface area contributed by atoms with Gasteiger partial charge in [-0.3, -0.25) is 4.98 Å². The van der Waals surface area contributed by atoms with Crippen molar-refractivity contribution in [3.05, 3.63) is 59.3 Å². The van der Waals surface area contributed by atoms with Crippen LogP contribution in [0.15, 0.2) is 36.5 Å². The van der Waals surface area contributed by atoms with Crippen LogP contribution in [0, 0.1) is 11.6 Å². The molecule has 0 atom stereocenters. The third kappa shape index (κ3) is 2.06. The van der Waals surface area contributed by atoms with Crippen molar-refractivity contribution in [2.45, 2.75) is 25.7 Å². The number of H-pyrrole nitrogens is 1. The van der Waals surface area contributed by atoms with Crippen LogP contribution in [0.2, 0.25) is 0 Å². The van der Waals surface area contributed by atoms with Crippen LogP contribution in [0.25, 0.3) is 33.1 Å². The summed E-state index contributed by atoms with van der Waals surface area (Å²) in [5.74, 6) is -2.91. The summed E-state index contributed by atoms with van der Waals surface area (Å²) in [6, 6.07) is 8.51. The Hall–Kier alpha value is -2.95. The van der Waals surface area contributed by atoms with Crippen LogP contribution in [0.4, 0.5) is 8.78 Å². The Kier molecular flexibility index (Phi) is 3.26. The van der Waals surface area contributed by atoms with Crippen LogP contribution in [0.1, 0.15) is 24.0 Å². The number of benzene rings is 2. The number of rotatable bonds is 1. The van der Waals surface area contributed by atoms with Crippen LogP contribution in [0.3, 0.4) is 0 Å². The summed E-state index contributed by atoms with van der Waals surface area (Å²) in [5, 5.41) is 11.7. The predicted molar refractivity (Wildman–Crippen MR) is 97.3 cm³/mol. The number of aryl methyl sites for hydroxylation is 1. The number of aromatic nitrogens is 2. The number of aromatic hydroxyl groups is 1. The molecule has 1 aliphatic carbocycles. The first-order chi connectivity index (χ1) is 12.6. The molecule has 1 aliphatic rings. The predicted octanol–water partition coefficient (Wildman–Crippen LogP) is 5.25. The van der Waals surface area contributed by atoms with Gasteiger partial charge >= 0.3 is 0 Å². The number of phenols is 1. The number of hydrogen-bond acceptors (Lipinski definition) is 2. The van der Waals surface area contributed by atoms with Gasteiger partial charge in [0.05, 0.1) is 11.2 Å². The molecule has 2 heterocycles. The number of phenolic OH excluding ortho intramolecular Hbond substituents is 1. The zero-order chi connectivity index (χ0) is 17.8. The minimum Gasteiger partial charge on any atom is -0.505 e. The molecule has 3 nitrogen and oxygen atoms in total. The van der Waals surface area contributed by atoms with Gasteiger partial charge in [-0.15, -0.1) is 0 Å². The molecule has 0 bridgehead atoms. The molecular formula is C21H16F2N2O. The Morgan fingerprint density at radius 3 is 2.58 bits per heavy atom. The van der Waals surface area contributed by atoms with E-state index in [4.69, 9.17) is 0 Å². The van der Waals surface area contributed by atoms with E-state index in [0.717, 1.165) is 53.1 Å². The summed E-state index contributed by atoms with van der Waals surface area (Å²) in [5.41, 5.74) is 4.79. The molecule has 2 N–H and O–H groups in total. The Labute approximate surface area is 148 Å². The topological polar surface area (TPSA) is 48.9 Å². The van der Waals surface area contributed by atoms with Gasteiger partial charge in [0.2, 0.25) is 5.82 Å². The number of nitrogens with one attached hydrogen (secondary N) is 1. The second kappa shape index (κ2) is 5.53. The molecule has 0 saturated heterocycles. The van der Waals surface area contributed by atoms with Gasteiger partial charge < -0.3 is 10.1 Å². The molecule has 4 aromatic rings. The summed E-state index contributed by atoms with van der Waals surface area (Å²) in [4.78, 5) is 7.71. The van der Waals surface area contributed by atoms with Gasteiger partial charge in [0.15, 0.2) is 11.6 Å². The molecule has 0 aliphatic heterocycles. The molecule has 5 rings (SSSR count). The number of hydrogen-bond donors (Lipinski definition) is 2. The molecular weight excluding hydrogens is 334 g/mol. The van der Waals surface area contributed by atoms with Crippen molar-refractivity contribution in [1.82, 2.24) is 9.97 Å². The van der Waals surface area contributed by atoms with Gasteiger partial charge in [0.25, 0.3) is 0 Å². The van der Waals surface area contributed by atoms with E-state index in [1.54, 1.807) is 6.20 Å². The summed E-state index contributed by atoms with van der Waals surface area (Å²) >= 11 is 0. The van der Waals surface area contributed by atoms with E-state index in [0.29, 0.717) is 5.69 Å². The first-order valence-corrected chi connectivity index (χ1v) is 8.73. The maximum absolute atomic E-state index is 14.6. The van der Waals surface area contributed by atoms with Gasteiger partial charge in [0.1, 0.15) is 0 Å². The van der Waals surface area contributed by atoms with Crippen molar-refractivity contribution >= 4 is 21.8 Å². The number of nitrogens with zero attached hydrogens (tertiary/aromatic N) is 1. The van der Waals surface area contributed by atoms with Gasteiger partial charge in [-0.25, -0.2) is 4.39 Å². The van der Waals surface area contributed by atoms with Crippen molar-refractivity contribution < 1.29 is 13.9 Å². The van der Waals surface area contributed by atoms with Crippen LogP contribution in [-0.2, 0) is 12.8 Å². The lowest BCUT2D eigenvalue weighted by Crippen LogP contribution is -2.08. The average Bonchev–Trinajstić information content (AvgIpc) is 3.14. The van der Waals surface area contributed by atoms with E-state index < -0.39 is 17.4 Å². The molecule has 2 aromatic heterocycles. The van der Waals surface area contributed by atoms with E-state index >= 15 is 0 Å². The van der Waals surface area contributed by atoms with Crippen LogP contribution < -0.4 is 0 Å². The largest absolute Gasteiger partial charge is 0.505 e. The van der Waals surface area contributed by atoms with E-state index in [9.17, 15) is 13.9 Å². The standard InChI is InChI=1S/C21H16F2N2O/c22-19-14(5-8-17(26)20(19)23)21-12-4-2-1-3-11(12)18-13-9-10-24-15(13)6-7-16(18)25-21/h5-10,25-26H,1-4H2. The number of halogens is 2. The highest BCUT2D eigenvalue weighted by atomic mass is 19.2. The fourth-order valence-electron chi connectivity index (χ4n) is 4.14. The van der Waals surface area contributed by atoms with Crippen molar-refractivity contribution in [2.24, 2.45) is 0 Å². The zero-order valence-corrected chi connectivity index (χ0v) is 13.9. The summed E-state index contributed by atoms with van der Waals surface area (Å²) in [6.45, 7) is 0. The highest BCUT2D eigenvalue weighted by molar-refractivity contribution is 6.08. The third-order valence-corrected chi connectivity index (χ3v) is 5.34. The van der Waals surface area contributed by atoms with Crippen molar-refractivity contribution in [3.8, 4) is 17.0 Å². The summed E-state index contributed by atoms with van der Waals surface area (Å²) in [6.07, 6.45) is 5.59. The monoisotopic (exact) mass is 350 g/mol. The second-order valence-corrected chi connectivity index (χ2v) is 6.79. The maximum Gasteiger partial charge on any atom is 0.201 e. The van der Waals surface area contributed by atoms with Crippen molar-refractivity contribution in [2.75, 3.05) is 0 Å². The second-order valence-electron chi connectivity index (χ2n) is 6.79. The van der Waals surface area contributed by atoms with Crippen LogP contribution >= 0.6 is 0 Å². The smallest absolute Gasteiger partial charge is 0.201 e. The van der Waals surface area contributed by atoms with Crippen molar-refractivity contribution in [3.63, 3.8) is 0 Å². The molecule has 0 radical (unpaired) electrons. The summed E-state index contributed by atoms with van der Waals surface area (Å²) in [7, 11) is 0. The SMILES string of the molecule is Oc1ccc(-c2[nH]c3ccc4nccc4c3c3c2CCCC3)c(F)c1F. The number of pyridine rings is 1. The molecule has 26 heavy (non-hydrogen) atoms. The molecule has 0 saturated carbocycles. The van der Waals surface area contributed by atoms with Gasteiger partial charge in [-0.1, -0.05) is 0 Å². The van der Waals surface area contributed by atoms with Crippen molar-refractivity contribution in [1.29, 1.82) is 0 Å². The fourth-order valence-corrected chi connectivity index (χ4v) is 4.14. The Balaban J connectivity index is 1.90. The normalized spacial score (nSPS) is 14.1. The van der Waals surface area contributed by atoms with E-state index in [1.807, 2.05) is 18.2 Å². The lowest BCUT2D eigenvalue weighted by Gasteiger charge is -2.23. The maximum atomic E-state index is 14.6. The van der Waals surface area contributed by atoms with E-state index in [2.05, 4.69) is 9.97 Å². The zero-order valence-electron chi connectivity index (χ0n) is 13.9. The third-order valence-electron chi connectivity index (χ3n) is 5.34. The Morgan fingerprint density at radius 2 is 1.73 bits per heavy atom. The molecule has 0 unspecified atom stereocenters. The first-order valence-electron chi connectivity index (χ1n) is 8.73. The summed E-state index contributed by atoms with van der Waals surface area (Å²) < 4.78 is 28.5. The lowest BCUT2D eigenvalue weighted by molar-refractivity contribution is 0.408. The average molecular weight is 350 g/mol. The molecule has 2 aromatic carbocycles. The van der Waals surface area contributed by atoms with Gasteiger partial charge in [0, 0.05) is 28.0 Å². The molecule has 0 fully saturated rings. The molecule has 5 heteroatoms. The lowest BCUT2D eigenvalue weighted by atomic mass is 9.85. The molecule has 0 amide bonds. The van der Waals surface area contributed by atoms with Gasteiger partial charge in [-0.2, -0.15) is 4.39 Å². The fraction of sp³-hybridized carbons (Fsp3) is 0.190. The molecule has 0 spiro atoms. The van der Waals surface area contributed by atoms with Crippen LogP contribution in [-0.4, -0.2) is 15.1 Å². The Bertz CT molecular complexity index is 1180. The van der Waals surface area contributed by atoms with E-state index in [1.165, 1.54) is 17.7 Å². The molecule has 130 valence electrons. The van der Waals surface area contributed by atoms with Gasteiger partial charge in [-0.05, 0) is 67.1 Å². The minimum absolute atomic E-state index is 0.154. The minimum atomic E-state index is -1.21. The Morgan fingerprint density at radius 1 is 0.923 bits per heavy atom.